The fourth-order valence-electron chi connectivity index (χ4n) is 4.67. The largest absolute Gasteiger partial charge is 0.504 e. The van der Waals surface area contributed by atoms with Crippen LogP contribution in [0.15, 0.2) is 72.8 Å². The Morgan fingerprint density at radius 2 is 1.39 bits per heavy atom. The van der Waals surface area contributed by atoms with E-state index < -0.39 is 5.60 Å². The molecule has 0 spiro atoms. The highest BCUT2D eigenvalue weighted by Gasteiger charge is 2.41. The van der Waals surface area contributed by atoms with Gasteiger partial charge in [-0.3, -0.25) is 0 Å². The summed E-state index contributed by atoms with van der Waals surface area (Å²) in [7, 11) is 0. The van der Waals surface area contributed by atoms with Gasteiger partial charge >= 0.3 is 0 Å². The predicted molar refractivity (Wildman–Crippen MR) is 123 cm³/mol. The second-order valence-electron chi connectivity index (χ2n) is 8.57. The van der Waals surface area contributed by atoms with Gasteiger partial charge in [0.05, 0.1) is 6.61 Å². The third-order valence-electron chi connectivity index (χ3n) is 6.49. The van der Waals surface area contributed by atoms with Crippen molar-refractivity contribution in [1.29, 1.82) is 0 Å². The van der Waals surface area contributed by atoms with E-state index in [4.69, 9.17) is 4.74 Å². The normalized spacial score (nSPS) is 15.5. The van der Waals surface area contributed by atoms with E-state index in [-0.39, 0.29) is 23.3 Å². The first-order valence-electron chi connectivity index (χ1n) is 11.3. The molecular formula is C27H29F2NO3. The lowest BCUT2D eigenvalue weighted by molar-refractivity contribution is -0.0147. The molecule has 4 rings (SSSR count). The molecule has 1 heterocycles. The van der Waals surface area contributed by atoms with E-state index in [0.717, 1.165) is 38.9 Å². The van der Waals surface area contributed by atoms with E-state index in [1.54, 1.807) is 42.5 Å². The smallest absolute Gasteiger partial charge is 0.160 e. The van der Waals surface area contributed by atoms with Crippen LogP contribution in [0.4, 0.5) is 8.78 Å². The zero-order chi connectivity index (χ0) is 23.3. The number of hydrogen-bond donors (Lipinski definition) is 2. The molecular weight excluding hydrogens is 424 g/mol. The van der Waals surface area contributed by atoms with Crippen molar-refractivity contribution in [3.8, 4) is 11.5 Å². The highest BCUT2D eigenvalue weighted by Crippen LogP contribution is 2.42. The molecule has 2 N–H and O–H groups in total. The summed E-state index contributed by atoms with van der Waals surface area (Å²) in [6.07, 6.45) is 2.33. The number of hydrogen-bond acceptors (Lipinski definition) is 4. The maximum Gasteiger partial charge on any atom is 0.160 e. The van der Waals surface area contributed by atoms with Gasteiger partial charge in [0.25, 0.3) is 0 Å². The van der Waals surface area contributed by atoms with Gasteiger partial charge in [-0.1, -0.05) is 36.4 Å². The number of phenolic OH excluding ortho intramolecular Hbond substituents is 1. The predicted octanol–water partition coefficient (Wildman–Crippen LogP) is 5.09. The lowest BCUT2D eigenvalue weighted by Gasteiger charge is -2.42. The number of halogens is 2. The fourth-order valence-corrected chi connectivity index (χ4v) is 4.67. The van der Waals surface area contributed by atoms with Crippen molar-refractivity contribution in [1.82, 2.24) is 4.90 Å². The van der Waals surface area contributed by atoms with Gasteiger partial charge in [-0.25, -0.2) is 8.78 Å². The van der Waals surface area contributed by atoms with E-state index in [1.165, 1.54) is 24.3 Å². The summed E-state index contributed by atoms with van der Waals surface area (Å²) in [6, 6.07) is 18.8. The van der Waals surface area contributed by atoms with E-state index in [1.807, 2.05) is 6.07 Å². The third kappa shape index (κ3) is 5.34. The summed E-state index contributed by atoms with van der Waals surface area (Å²) >= 11 is 0. The number of likely N-dealkylation sites (tertiary alicyclic amines) is 1. The molecule has 0 aromatic heterocycles. The molecule has 174 valence electrons. The minimum atomic E-state index is -1.32. The highest BCUT2D eigenvalue weighted by molar-refractivity contribution is 5.38. The number of aliphatic hydroxyl groups is 1. The van der Waals surface area contributed by atoms with Gasteiger partial charge in [-0.05, 0) is 85.8 Å². The number of para-hydroxylation sites is 2. The van der Waals surface area contributed by atoms with Gasteiger partial charge in [0.15, 0.2) is 11.5 Å². The number of rotatable bonds is 8. The first-order valence-corrected chi connectivity index (χ1v) is 11.3. The van der Waals surface area contributed by atoms with E-state index >= 15 is 0 Å². The van der Waals surface area contributed by atoms with Crippen molar-refractivity contribution in [3.63, 3.8) is 0 Å². The minimum absolute atomic E-state index is 0.0813. The molecule has 3 aromatic carbocycles. The Bertz CT molecular complexity index is 986. The van der Waals surface area contributed by atoms with E-state index in [9.17, 15) is 19.0 Å². The molecule has 1 aliphatic heterocycles. The molecule has 0 unspecified atom stereocenters. The van der Waals surface area contributed by atoms with Crippen molar-refractivity contribution in [2.75, 3.05) is 26.2 Å². The van der Waals surface area contributed by atoms with Crippen LogP contribution in [0.2, 0.25) is 0 Å². The lowest BCUT2D eigenvalue weighted by Crippen LogP contribution is -2.44. The number of benzene rings is 3. The Kier molecular flexibility index (Phi) is 7.26. The van der Waals surface area contributed by atoms with Crippen molar-refractivity contribution >= 4 is 0 Å². The zero-order valence-corrected chi connectivity index (χ0v) is 18.5. The Morgan fingerprint density at radius 1 is 0.848 bits per heavy atom. The first kappa shape index (κ1) is 23.2. The summed E-state index contributed by atoms with van der Waals surface area (Å²) in [6.45, 7) is 2.98. The zero-order valence-electron chi connectivity index (χ0n) is 18.5. The summed E-state index contributed by atoms with van der Waals surface area (Å²) < 4.78 is 32.7. The number of piperidine rings is 1. The Morgan fingerprint density at radius 3 is 1.94 bits per heavy atom. The van der Waals surface area contributed by atoms with Gasteiger partial charge in [0.2, 0.25) is 0 Å². The summed E-state index contributed by atoms with van der Waals surface area (Å²) in [5, 5.41) is 21.7. The van der Waals surface area contributed by atoms with Gasteiger partial charge in [0.1, 0.15) is 17.2 Å². The van der Waals surface area contributed by atoms with Crippen LogP contribution in [-0.2, 0) is 5.60 Å². The number of aromatic hydroxyl groups is 1. The topological polar surface area (TPSA) is 52.9 Å². The summed E-state index contributed by atoms with van der Waals surface area (Å²) in [4.78, 5) is 2.33. The van der Waals surface area contributed by atoms with Gasteiger partial charge in [-0.2, -0.15) is 0 Å². The maximum absolute atomic E-state index is 13.5. The molecule has 33 heavy (non-hydrogen) atoms. The number of nitrogens with zero attached hydrogens (tertiary/aromatic N) is 1. The second-order valence-corrected chi connectivity index (χ2v) is 8.57. The maximum atomic E-state index is 13.5. The van der Waals surface area contributed by atoms with Crippen LogP contribution in [0, 0.1) is 17.6 Å². The van der Waals surface area contributed by atoms with Gasteiger partial charge in [-0.15, -0.1) is 0 Å². The lowest BCUT2D eigenvalue weighted by atomic mass is 9.72. The summed E-state index contributed by atoms with van der Waals surface area (Å²) in [5.74, 6) is -0.177. The molecule has 0 bridgehead atoms. The fraction of sp³-hybridized carbons (Fsp3) is 0.333. The number of ether oxygens (including phenoxy) is 1. The Labute approximate surface area is 193 Å². The average molecular weight is 454 g/mol. The second kappa shape index (κ2) is 10.3. The molecule has 0 aliphatic carbocycles. The molecule has 1 fully saturated rings. The van der Waals surface area contributed by atoms with Crippen LogP contribution in [0.5, 0.6) is 11.5 Å². The van der Waals surface area contributed by atoms with Crippen molar-refractivity contribution in [2.45, 2.75) is 24.9 Å². The SMILES string of the molecule is Oc1ccccc1OCCCN1CCC(C(O)(c2ccc(F)cc2)c2ccc(F)cc2)CC1. The van der Waals surface area contributed by atoms with Crippen LogP contribution >= 0.6 is 0 Å². The first-order chi connectivity index (χ1) is 16.0. The molecule has 0 amide bonds. The molecule has 3 aromatic rings. The van der Waals surface area contributed by atoms with Crippen LogP contribution < -0.4 is 4.74 Å². The third-order valence-corrected chi connectivity index (χ3v) is 6.49. The van der Waals surface area contributed by atoms with Gasteiger partial charge < -0.3 is 19.8 Å². The van der Waals surface area contributed by atoms with Crippen molar-refractivity contribution < 1.29 is 23.7 Å². The average Bonchev–Trinajstić information content (AvgIpc) is 2.84. The minimum Gasteiger partial charge on any atom is -0.504 e. The molecule has 4 nitrogen and oxygen atoms in total. The van der Waals surface area contributed by atoms with Crippen LogP contribution in [0.3, 0.4) is 0 Å². The van der Waals surface area contributed by atoms with E-state index in [2.05, 4.69) is 4.90 Å². The van der Waals surface area contributed by atoms with Crippen molar-refractivity contribution in [2.24, 2.45) is 5.92 Å². The Balaban J connectivity index is 1.38. The molecule has 0 atom stereocenters. The summed E-state index contributed by atoms with van der Waals surface area (Å²) in [5.41, 5.74) is -0.0865. The quantitative estimate of drug-likeness (QED) is 0.467. The van der Waals surface area contributed by atoms with E-state index in [0.29, 0.717) is 23.5 Å². The molecule has 1 saturated heterocycles. The van der Waals surface area contributed by atoms with Crippen LogP contribution in [0.1, 0.15) is 30.4 Å². The van der Waals surface area contributed by atoms with Gasteiger partial charge in [0, 0.05) is 6.54 Å². The monoisotopic (exact) mass is 453 g/mol. The van der Waals surface area contributed by atoms with Crippen molar-refractivity contribution in [3.05, 3.63) is 95.6 Å². The Hall–Kier alpha value is -2.96. The number of phenols is 1. The molecule has 0 radical (unpaired) electrons. The van der Waals surface area contributed by atoms with Crippen LogP contribution in [-0.4, -0.2) is 41.4 Å². The standard InChI is InChI=1S/C27H29F2NO3/c28-23-10-6-20(7-11-23)27(32,21-8-12-24(29)13-9-21)22-14-17-30(18-15-22)16-3-19-33-26-5-2-1-4-25(26)31/h1-2,4-13,22,31-32H,3,14-19H2. The molecule has 1 aliphatic rings. The molecule has 0 saturated carbocycles. The van der Waals surface area contributed by atoms with Crippen LogP contribution in [0.25, 0.3) is 0 Å². The highest BCUT2D eigenvalue weighted by atomic mass is 19.1. The molecule has 6 heteroatoms.